The van der Waals surface area contributed by atoms with Crippen LogP contribution in [0.5, 0.6) is 0 Å². The van der Waals surface area contributed by atoms with Crippen LogP contribution in [0.4, 0.5) is 0 Å². The fourth-order valence-corrected chi connectivity index (χ4v) is 3.59. The van der Waals surface area contributed by atoms with Gasteiger partial charge in [0, 0.05) is 5.56 Å². The number of benzene rings is 2. The average molecular weight is 304 g/mol. The van der Waals surface area contributed by atoms with Crippen molar-refractivity contribution in [1.29, 1.82) is 0 Å². The Morgan fingerprint density at radius 2 is 1.70 bits per heavy atom. The Hall–Kier alpha value is -2.42. The molecular weight excluding hydrogens is 284 g/mol. The summed E-state index contributed by atoms with van der Waals surface area (Å²) in [4.78, 5) is 17.0. The molecular formula is C20H20N2O. The summed E-state index contributed by atoms with van der Waals surface area (Å²) in [7, 11) is 0. The molecule has 4 rings (SSSR count). The van der Waals surface area contributed by atoms with Crippen molar-refractivity contribution in [2.75, 3.05) is 0 Å². The van der Waals surface area contributed by atoms with E-state index in [2.05, 4.69) is 17.1 Å². The van der Waals surface area contributed by atoms with Crippen molar-refractivity contribution in [3.63, 3.8) is 0 Å². The van der Waals surface area contributed by atoms with Crippen LogP contribution in [0.3, 0.4) is 0 Å². The van der Waals surface area contributed by atoms with E-state index in [1.807, 2.05) is 36.4 Å². The second kappa shape index (κ2) is 5.99. The summed E-state index contributed by atoms with van der Waals surface area (Å²) >= 11 is 0. The first-order valence-electron chi connectivity index (χ1n) is 8.40. The van der Waals surface area contributed by atoms with Gasteiger partial charge in [-0.2, -0.15) is 0 Å². The molecule has 116 valence electrons. The number of para-hydroxylation sites is 2. The van der Waals surface area contributed by atoms with Crippen LogP contribution in [-0.4, -0.2) is 15.5 Å². The van der Waals surface area contributed by atoms with Gasteiger partial charge in [-0.1, -0.05) is 43.5 Å². The number of rotatable bonds is 2. The molecule has 0 unspecified atom stereocenters. The lowest BCUT2D eigenvalue weighted by Gasteiger charge is -2.22. The van der Waals surface area contributed by atoms with E-state index < -0.39 is 0 Å². The third-order valence-electron chi connectivity index (χ3n) is 4.91. The number of fused-ring (bicyclic) bond motifs is 1. The fourth-order valence-electron chi connectivity index (χ4n) is 3.59. The topological polar surface area (TPSA) is 34.9 Å². The molecule has 0 radical (unpaired) electrons. The molecule has 0 spiro atoms. The zero-order valence-electron chi connectivity index (χ0n) is 13.1. The highest BCUT2D eigenvalue weighted by atomic mass is 16.2. The van der Waals surface area contributed by atoms with Crippen LogP contribution in [0.2, 0.25) is 0 Å². The van der Waals surface area contributed by atoms with Crippen molar-refractivity contribution < 1.29 is 4.79 Å². The Bertz CT molecular complexity index is 826. The highest BCUT2D eigenvalue weighted by Gasteiger charge is 2.17. The average Bonchev–Trinajstić information content (AvgIpc) is 3.06. The molecule has 1 aromatic heterocycles. The largest absolute Gasteiger partial charge is 0.268 e. The maximum Gasteiger partial charge on any atom is 0.263 e. The zero-order chi connectivity index (χ0) is 15.6. The molecule has 3 heteroatoms. The van der Waals surface area contributed by atoms with Gasteiger partial charge in [0.15, 0.2) is 0 Å². The summed E-state index contributed by atoms with van der Waals surface area (Å²) in [5.74, 6) is 0.649. The minimum atomic E-state index is -0.0195. The molecule has 0 amide bonds. The second-order valence-corrected chi connectivity index (χ2v) is 6.37. The normalized spacial score (nSPS) is 15.8. The Morgan fingerprint density at radius 3 is 2.48 bits per heavy atom. The molecule has 0 N–H and O–H groups in total. The van der Waals surface area contributed by atoms with Gasteiger partial charge in [-0.25, -0.2) is 4.98 Å². The highest BCUT2D eigenvalue weighted by Crippen LogP contribution is 2.32. The molecule has 1 aliphatic carbocycles. The molecule has 1 aliphatic rings. The lowest BCUT2D eigenvalue weighted by atomic mass is 9.84. The van der Waals surface area contributed by atoms with Crippen molar-refractivity contribution in [2.45, 2.75) is 38.0 Å². The first-order valence-corrected chi connectivity index (χ1v) is 8.40. The molecule has 0 bridgehead atoms. The van der Waals surface area contributed by atoms with Gasteiger partial charge in [0.2, 0.25) is 0 Å². The van der Waals surface area contributed by atoms with E-state index in [-0.39, 0.29) is 5.91 Å². The molecule has 3 nitrogen and oxygen atoms in total. The van der Waals surface area contributed by atoms with E-state index >= 15 is 0 Å². The third kappa shape index (κ3) is 2.67. The van der Waals surface area contributed by atoms with Gasteiger partial charge in [0.1, 0.15) is 6.33 Å². The van der Waals surface area contributed by atoms with E-state index in [4.69, 9.17) is 0 Å². The number of hydrogen-bond donors (Lipinski definition) is 0. The number of carbonyl (C=O) groups is 1. The number of carbonyl (C=O) groups excluding carboxylic acids is 1. The van der Waals surface area contributed by atoms with Crippen LogP contribution >= 0.6 is 0 Å². The van der Waals surface area contributed by atoms with Crippen LogP contribution < -0.4 is 0 Å². The van der Waals surface area contributed by atoms with E-state index in [0.717, 1.165) is 11.0 Å². The van der Waals surface area contributed by atoms with Gasteiger partial charge in [0.05, 0.1) is 11.0 Å². The molecule has 0 atom stereocenters. The van der Waals surface area contributed by atoms with E-state index in [1.165, 1.54) is 37.7 Å². The van der Waals surface area contributed by atoms with Gasteiger partial charge in [-0.3, -0.25) is 9.36 Å². The monoisotopic (exact) mass is 304 g/mol. The summed E-state index contributed by atoms with van der Waals surface area (Å²) in [6.45, 7) is 0. The predicted molar refractivity (Wildman–Crippen MR) is 91.7 cm³/mol. The van der Waals surface area contributed by atoms with Gasteiger partial charge >= 0.3 is 0 Å². The van der Waals surface area contributed by atoms with E-state index in [9.17, 15) is 4.79 Å². The van der Waals surface area contributed by atoms with Crippen LogP contribution in [0.25, 0.3) is 11.0 Å². The minimum absolute atomic E-state index is 0.0195. The van der Waals surface area contributed by atoms with Crippen LogP contribution in [0, 0.1) is 0 Å². The van der Waals surface area contributed by atoms with Crippen molar-refractivity contribution >= 4 is 16.9 Å². The van der Waals surface area contributed by atoms with Gasteiger partial charge in [0.25, 0.3) is 5.91 Å². The Morgan fingerprint density at radius 1 is 0.957 bits per heavy atom. The standard InChI is InChI=1S/C20H20N2O/c23-20(22-14-21-18-8-4-5-9-19(18)22)17-12-10-16(11-13-17)15-6-2-1-3-7-15/h4-5,8-15H,1-3,6-7H2. The summed E-state index contributed by atoms with van der Waals surface area (Å²) in [5, 5.41) is 0. The Kier molecular flexibility index (Phi) is 3.70. The van der Waals surface area contributed by atoms with E-state index in [1.54, 1.807) is 10.9 Å². The summed E-state index contributed by atoms with van der Waals surface area (Å²) < 4.78 is 1.63. The second-order valence-electron chi connectivity index (χ2n) is 6.37. The predicted octanol–water partition coefficient (Wildman–Crippen LogP) is 4.77. The van der Waals surface area contributed by atoms with Gasteiger partial charge in [-0.05, 0) is 48.6 Å². The van der Waals surface area contributed by atoms with Gasteiger partial charge in [-0.15, -0.1) is 0 Å². The van der Waals surface area contributed by atoms with Crippen molar-refractivity contribution in [3.8, 4) is 0 Å². The Balaban J connectivity index is 1.61. The molecule has 2 aromatic carbocycles. The van der Waals surface area contributed by atoms with Crippen molar-refractivity contribution in [3.05, 3.63) is 66.0 Å². The maximum atomic E-state index is 12.7. The quantitative estimate of drug-likeness (QED) is 0.683. The first kappa shape index (κ1) is 14.2. The van der Waals surface area contributed by atoms with Crippen molar-refractivity contribution in [2.24, 2.45) is 0 Å². The summed E-state index contributed by atoms with van der Waals surface area (Å²) in [6, 6.07) is 15.9. The first-order chi connectivity index (χ1) is 11.3. The lowest BCUT2D eigenvalue weighted by Crippen LogP contribution is -2.11. The zero-order valence-corrected chi connectivity index (χ0v) is 13.1. The molecule has 1 fully saturated rings. The molecule has 23 heavy (non-hydrogen) atoms. The smallest absolute Gasteiger partial charge is 0.263 e. The summed E-state index contributed by atoms with van der Waals surface area (Å²) in [5.41, 5.74) is 3.79. The lowest BCUT2D eigenvalue weighted by molar-refractivity contribution is 0.0964. The number of hydrogen-bond acceptors (Lipinski definition) is 2. The highest BCUT2D eigenvalue weighted by molar-refractivity contribution is 6.01. The maximum absolute atomic E-state index is 12.7. The minimum Gasteiger partial charge on any atom is -0.268 e. The van der Waals surface area contributed by atoms with Crippen molar-refractivity contribution in [1.82, 2.24) is 9.55 Å². The molecule has 1 heterocycles. The molecule has 1 saturated carbocycles. The van der Waals surface area contributed by atoms with Crippen LogP contribution in [0.1, 0.15) is 53.9 Å². The molecule has 0 saturated heterocycles. The Labute approximate surface area is 136 Å². The molecule has 3 aromatic rings. The van der Waals surface area contributed by atoms with Crippen LogP contribution in [0.15, 0.2) is 54.9 Å². The van der Waals surface area contributed by atoms with Gasteiger partial charge < -0.3 is 0 Å². The van der Waals surface area contributed by atoms with E-state index in [0.29, 0.717) is 11.5 Å². The third-order valence-corrected chi connectivity index (χ3v) is 4.91. The summed E-state index contributed by atoms with van der Waals surface area (Å²) in [6.07, 6.45) is 8.18. The number of nitrogens with zero attached hydrogens (tertiary/aromatic N) is 2. The number of aromatic nitrogens is 2. The molecule has 0 aliphatic heterocycles. The fraction of sp³-hybridized carbons (Fsp3) is 0.300. The van der Waals surface area contributed by atoms with Crippen LogP contribution in [-0.2, 0) is 0 Å². The SMILES string of the molecule is O=C(c1ccc(C2CCCCC2)cc1)n1cnc2ccccc21. The number of imidazole rings is 1.